The van der Waals surface area contributed by atoms with Gasteiger partial charge in [0.15, 0.2) is 0 Å². The molecule has 3 aromatic carbocycles. The Balaban J connectivity index is 2.87. The van der Waals surface area contributed by atoms with Crippen LogP contribution in [-0.2, 0) is 0 Å². The van der Waals surface area contributed by atoms with Crippen LogP contribution in [0.15, 0.2) is 54.4 Å². The van der Waals surface area contributed by atoms with E-state index in [9.17, 15) is 10.0 Å². The average molecular weight is 231 g/mol. The van der Waals surface area contributed by atoms with Crippen LogP contribution in [0.3, 0.4) is 0 Å². The zero-order valence-corrected chi connectivity index (χ0v) is 8.47. The second kappa shape index (κ2) is 3.88. The summed E-state index contributed by atoms with van der Waals surface area (Å²) in [5.74, 6) is 0. The van der Waals surface area contributed by atoms with Gasteiger partial charge in [-0.3, -0.25) is 0 Å². The van der Waals surface area contributed by atoms with Gasteiger partial charge in [0.2, 0.25) is 0 Å². The maximum atomic E-state index is 9.85. The highest BCUT2D eigenvalue weighted by atomic mass is 16.4. The Kier molecular flexibility index (Phi) is 1.01. The smallest absolute Gasteiger partial charge is 0.423 e. The summed E-state index contributed by atoms with van der Waals surface area (Å²) in [5.41, 5.74) is -0.481. The monoisotopic (exact) mass is 231 g/mol. The topological polar surface area (TPSA) is 40.5 Å². The molecule has 0 spiro atoms. The first-order chi connectivity index (χ1) is 12.0. The van der Waals surface area contributed by atoms with Gasteiger partial charge in [-0.05, 0) is 33.1 Å². The van der Waals surface area contributed by atoms with Crippen LogP contribution in [0.25, 0.3) is 21.5 Å². The van der Waals surface area contributed by atoms with Gasteiger partial charge in [-0.1, -0.05) is 48.3 Å². The van der Waals surface area contributed by atoms with Crippen molar-refractivity contribution in [1.82, 2.24) is 0 Å². The maximum absolute atomic E-state index is 9.85. The van der Waals surface area contributed by atoms with E-state index in [-0.39, 0.29) is 21.5 Å². The first-order valence-corrected chi connectivity index (χ1v) is 4.81. The molecule has 0 amide bonds. The standard InChI is InChI=1S/C14H11BO2/c16-15(17)14-12-7-3-1-5-10(12)9-11-6-2-4-8-13(11)14/h1-9,16-17H/i1D,2D,3D,4D,5D,6D,7D,8D,9D. The predicted molar refractivity (Wildman–Crippen MR) is 71.3 cm³/mol. The molecule has 0 bridgehead atoms. The maximum Gasteiger partial charge on any atom is 0.489 e. The van der Waals surface area contributed by atoms with Crippen molar-refractivity contribution < 1.29 is 22.4 Å². The SMILES string of the molecule is [2H]c1c([2H])c([2H])c2c(B(O)O)c3c([2H])c([2H])c([2H])c([2H])c3c([2H])c2c1[2H]. The molecular weight excluding hydrogens is 211 g/mol. The highest BCUT2D eigenvalue weighted by Gasteiger charge is 2.18. The second-order valence-corrected chi connectivity index (χ2v) is 3.41. The summed E-state index contributed by atoms with van der Waals surface area (Å²) in [4.78, 5) is 0. The van der Waals surface area contributed by atoms with Crippen molar-refractivity contribution in [3.63, 3.8) is 0 Å². The lowest BCUT2D eigenvalue weighted by molar-refractivity contribution is 0.426. The molecule has 3 heteroatoms. The summed E-state index contributed by atoms with van der Waals surface area (Å²) in [6.45, 7) is 0. The van der Waals surface area contributed by atoms with E-state index in [1.807, 2.05) is 0 Å². The number of benzene rings is 3. The largest absolute Gasteiger partial charge is 0.489 e. The fourth-order valence-corrected chi connectivity index (χ4v) is 1.72. The van der Waals surface area contributed by atoms with E-state index >= 15 is 0 Å². The lowest BCUT2D eigenvalue weighted by Crippen LogP contribution is -2.31. The molecular formula is C14H11BO2. The molecule has 0 unspecified atom stereocenters. The summed E-state index contributed by atoms with van der Waals surface area (Å²) in [5, 5.41) is 18.3. The third kappa shape index (κ3) is 1.60. The Morgan fingerprint density at radius 1 is 0.824 bits per heavy atom. The fourth-order valence-electron chi connectivity index (χ4n) is 1.72. The summed E-state index contributed by atoms with van der Waals surface area (Å²) in [6.07, 6.45) is 0. The minimum Gasteiger partial charge on any atom is -0.423 e. The number of hydrogen-bond donors (Lipinski definition) is 2. The molecule has 0 fully saturated rings. The van der Waals surface area contributed by atoms with Crippen LogP contribution in [0.1, 0.15) is 12.3 Å². The molecule has 0 atom stereocenters. The molecule has 17 heavy (non-hydrogen) atoms. The summed E-state index contributed by atoms with van der Waals surface area (Å²) in [7, 11) is -2.28. The molecule has 0 aliphatic heterocycles. The Morgan fingerprint density at radius 2 is 1.29 bits per heavy atom. The molecule has 0 saturated carbocycles. The van der Waals surface area contributed by atoms with E-state index in [4.69, 9.17) is 12.3 Å². The molecule has 0 aromatic heterocycles. The zero-order chi connectivity index (χ0) is 19.7. The van der Waals surface area contributed by atoms with Gasteiger partial charge >= 0.3 is 7.12 Å². The van der Waals surface area contributed by atoms with Crippen LogP contribution in [-0.4, -0.2) is 17.2 Å². The van der Waals surface area contributed by atoms with E-state index in [2.05, 4.69) is 0 Å². The normalized spacial score (nSPS) is 18.4. The molecule has 3 rings (SSSR count). The van der Waals surface area contributed by atoms with E-state index in [0.29, 0.717) is 0 Å². The zero-order valence-electron chi connectivity index (χ0n) is 17.5. The lowest BCUT2D eigenvalue weighted by atomic mass is 9.74. The van der Waals surface area contributed by atoms with Crippen molar-refractivity contribution in [1.29, 1.82) is 0 Å². The van der Waals surface area contributed by atoms with Gasteiger partial charge in [0.1, 0.15) is 0 Å². The molecule has 0 heterocycles. The highest BCUT2D eigenvalue weighted by molar-refractivity contribution is 6.65. The van der Waals surface area contributed by atoms with Crippen molar-refractivity contribution in [3.8, 4) is 0 Å². The highest BCUT2D eigenvalue weighted by Crippen LogP contribution is 2.20. The van der Waals surface area contributed by atoms with Crippen molar-refractivity contribution in [2.75, 3.05) is 0 Å². The third-order valence-electron chi connectivity index (χ3n) is 2.42. The van der Waals surface area contributed by atoms with Crippen molar-refractivity contribution in [3.05, 3.63) is 54.4 Å². The van der Waals surface area contributed by atoms with Gasteiger partial charge in [-0.2, -0.15) is 0 Å². The van der Waals surface area contributed by atoms with Crippen LogP contribution >= 0.6 is 0 Å². The van der Waals surface area contributed by atoms with Crippen LogP contribution in [0.2, 0.25) is 0 Å². The van der Waals surface area contributed by atoms with Gasteiger partial charge in [0.25, 0.3) is 0 Å². The van der Waals surface area contributed by atoms with Crippen LogP contribution in [0, 0.1) is 0 Å². The van der Waals surface area contributed by atoms with Crippen LogP contribution < -0.4 is 5.46 Å². The third-order valence-corrected chi connectivity index (χ3v) is 2.42. The quantitative estimate of drug-likeness (QED) is 0.494. The fraction of sp³-hybridized carbons (Fsp3) is 0. The number of rotatable bonds is 1. The molecule has 0 radical (unpaired) electrons. The van der Waals surface area contributed by atoms with E-state index in [1.165, 1.54) is 0 Å². The minimum atomic E-state index is -2.28. The molecule has 3 aromatic rings. The Labute approximate surface area is 112 Å². The van der Waals surface area contributed by atoms with Gasteiger partial charge in [-0.25, -0.2) is 0 Å². The molecule has 2 nitrogen and oxygen atoms in total. The summed E-state index contributed by atoms with van der Waals surface area (Å²) >= 11 is 0. The van der Waals surface area contributed by atoms with Gasteiger partial charge in [0, 0.05) is 0 Å². The Bertz CT molecular complexity index is 1030. The lowest BCUT2D eigenvalue weighted by Gasteiger charge is -2.10. The molecule has 0 saturated heterocycles. The molecule has 2 N–H and O–H groups in total. The van der Waals surface area contributed by atoms with Crippen molar-refractivity contribution >= 4 is 34.1 Å². The van der Waals surface area contributed by atoms with Crippen LogP contribution in [0.5, 0.6) is 0 Å². The molecule has 82 valence electrons. The summed E-state index contributed by atoms with van der Waals surface area (Å²) in [6, 6.07) is -5.52. The van der Waals surface area contributed by atoms with E-state index in [1.54, 1.807) is 0 Å². The average Bonchev–Trinajstić information content (AvgIpc) is 2.59. The predicted octanol–water partition coefficient (Wildman–Crippen LogP) is 1.67. The van der Waals surface area contributed by atoms with E-state index in [0.717, 1.165) is 0 Å². The molecule has 0 aliphatic carbocycles. The Morgan fingerprint density at radius 3 is 1.76 bits per heavy atom. The first-order valence-electron chi connectivity index (χ1n) is 9.31. The van der Waals surface area contributed by atoms with Crippen LogP contribution in [0.4, 0.5) is 0 Å². The summed E-state index contributed by atoms with van der Waals surface area (Å²) < 4.78 is 71.6. The Hall–Kier alpha value is -1.84. The van der Waals surface area contributed by atoms with Gasteiger partial charge in [0.05, 0.1) is 12.3 Å². The van der Waals surface area contributed by atoms with Crippen molar-refractivity contribution in [2.24, 2.45) is 0 Å². The van der Waals surface area contributed by atoms with Gasteiger partial charge < -0.3 is 10.0 Å². The second-order valence-electron chi connectivity index (χ2n) is 3.41. The first kappa shape index (κ1) is 4.44. The minimum absolute atomic E-state index is 0.336. The molecule has 0 aliphatic rings. The number of fused-ring (bicyclic) bond motifs is 2. The van der Waals surface area contributed by atoms with E-state index < -0.39 is 67.0 Å². The van der Waals surface area contributed by atoms with Crippen molar-refractivity contribution in [2.45, 2.75) is 0 Å². The van der Waals surface area contributed by atoms with Gasteiger partial charge in [-0.15, -0.1) is 0 Å². The number of hydrogen-bond acceptors (Lipinski definition) is 2.